The van der Waals surface area contributed by atoms with Crippen molar-refractivity contribution in [3.05, 3.63) is 65.3 Å². The number of aryl methyl sites for hydroxylation is 2. The molecule has 0 radical (unpaired) electrons. The van der Waals surface area contributed by atoms with Crippen molar-refractivity contribution in [3.8, 4) is 0 Å². The molecule has 4 aromatic rings. The number of fused-ring (bicyclic) bond motifs is 2. The molecule has 6 nitrogen and oxygen atoms in total. The van der Waals surface area contributed by atoms with Crippen LogP contribution in [0, 0.1) is 13.8 Å². The first kappa shape index (κ1) is 16.3. The summed E-state index contributed by atoms with van der Waals surface area (Å²) >= 11 is 0. The second kappa shape index (κ2) is 6.29. The molecule has 0 aliphatic rings. The van der Waals surface area contributed by atoms with Crippen LogP contribution < -0.4 is 5.32 Å². The molecule has 6 heteroatoms. The molecule has 3 heterocycles. The molecule has 26 heavy (non-hydrogen) atoms. The van der Waals surface area contributed by atoms with E-state index in [1.807, 2.05) is 48.7 Å². The maximum Gasteiger partial charge on any atom is 0.225 e. The third-order valence-corrected chi connectivity index (χ3v) is 4.73. The van der Waals surface area contributed by atoms with Gasteiger partial charge in [-0.3, -0.25) is 9.20 Å². The Kier molecular flexibility index (Phi) is 3.95. The molecule has 1 unspecified atom stereocenters. The normalized spacial score (nSPS) is 12.6. The number of rotatable bonds is 4. The third-order valence-electron chi connectivity index (χ3n) is 4.73. The van der Waals surface area contributed by atoms with E-state index in [9.17, 15) is 4.79 Å². The van der Waals surface area contributed by atoms with Crippen LogP contribution >= 0.6 is 0 Å². The number of aromatic nitrogens is 3. The van der Waals surface area contributed by atoms with Crippen molar-refractivity contribution in [1.29, 1.82) is 0 Å². The van der Waals surface area contributed by atoms with Crippen LogP contribution in [0.2, 0.25) is 0 Å². The zero-order valence-corrected chi connectivity index (χ0v) is 15.0. The zero-order chi connectivity index (χ0) is 18.3. The van der Waals surface area contributed by atoms with Gasteiger partial charge < -0.3 is 9.73 Å². The van der Waals surface area contributed by atoms with E-state index in [0.29, 0.717) is 5.82 Å². The number of carbonyl (C=O) groups excluding carboxylic acids is 1. The molecule has 132 valence electrons. The number of pyridine rings is 1. The number of carbonyl (C=O) groups is 1. The van der Waals surface area contributed by atoms with Crippen LogP contribution in [0.1, 0.15) is 35.5 Å². The van der Waals surface area contributed by atoms with Gasteiger partial charge >= 0.3 is 0 Å². The molecule has 1 amide bonds. The Morgan fingerprint density at radius 2 is 2.04 bits per heavy atom. The first-order chi connectivity index (χ1) is 12.5. The molecule has 1 N–H and O–H groups in total. The Morgan fingerprint density at radius 1 is 1.23 bits per heavy atom. The predicted octanol–water partition coefficient (Wildman–Crippen LogP) is 3.51. The maximum atomic E-state index is 12.5. The van der Waals surface area contributed by atoms with Gasteiger partial charge in [0, 0.05) is 17.1 Å². The van der Waals surface area contributed by atoms with Crippen LogP contribution in [-0.4, -0.2) is 20.5 Å². The third kappa shape index (κ3) is 2.83. The number of hydrogen-bond acceptors (Lipinski definition) is 4. The zero-order valence-electron chi connectivity index (χ0n) is 15.0. The smallest absolute Gasteiger partial charge is 0.225 e. The molecule has 1 atom stereocenters. The molecule has 0 aliphatic heterocycles. The van der Waals surface area contributed by atoms with E-state index in [-0.39, 0.29) is 18.4 Å². The van der Waals surface area contributed by atoms with Crippen LogP contribution in [0.15, 0.2) is 47.2 Å². The standard InChI is InChI=1S/C20H20N4O2/c1-12-8-16-15(11-26-17(16)9-13(12)2)10-19(25)21-14(3)20-23-22-18-6-4-5-7-24(18)20/h4-9,11,14H,10H2,1-3H3,(H,21,25). The molecule has 0 fully saturated rings. The molecule has 3 aromatic heterocycles. The average Bonchev–Trinajstić information content (AvgIpc) is 3.20. The van der Waals surface area contributed by atoms with E-state index in [0.717, 1.165) is 22.2 Å². The van der Waals surface area contributed by atoms with Gasteiger partial charge in [-0.15, -0.1) is 10.2 Å². The van der Waals surface area contributed by atoms with Gasteiger partial charge in [0.25, 0.3) is 0 Å². The minimum absolute atomic E-state index is 0.0777. The van der Waals surface area contributed by atoms with Crippen molar-refractivity contribution >= 4 is 22.5 Å². The summed E-state index contributed by atoms with van der Waals surface area (Å²) in [4.78, 5) is 12.5. The Labute approximate surface area is 150 Å². The number of nitrogens with zero attached hydrogens (tertiary/aromatic N) is 3. The summed E-state index contributed by atoms with van der Waals surface area (Å²) < 4.78 is 7.49. The van der Waals surface area contributed by atoms with E-state index in [4.69, 9.17) is 4.42 Å². The van der Waals surface area contributed by atoms with E-state index in [2.05, 4.69) is 28.5 Å². The van der Waals surface area contributed by atoms with Crippen molar-refractivity contribution in [3.63, 3.8) is 0 Å². The fourth-order valence-corrected chi connectivity index (χ4v) is 3.16. The number of hydrogen-bond donors (Lipinski definition) is 1. The molecule has 0 bridgehead atoms. The Hall–Kier alpha value is -3.15. The summed E-state index contributed by atoms with van der Waals surface area (Å²) in [5, 5.41) is 12.3. The largest absolute Gasteiger partial charge is 0.464 e. The second-order valence-corrected chi connectivity index (χ2v) is 6.65. The molecule has 0 spiro atoms. The summed E-state index contributed by atoms with van der Waals surface area (Å²) in [5.41, 5.74) is 4.82. The van der Waals surface area contributed by atoms with Gasteiger partial charge in [-0.05, 0) is 56.2 Å². The highest BCUT2D eigenvalue weighted by atomic mass is 16.3. The number of furan rings is 1. The minimum atomic E-state index is -0.248. The quantitative estimate of drug-likeness (QED) is 0.612. The van der Waals surface area contributed by atoms with Crippen molar-refractivity contribution in [2.24, 2.45) is 0 Å². The van der Waals surface area contributed by atoms with Crippen LogP contribution in [0.25, 0.3) is 16.6 Å². The Balaban J connectivity index is 1.53. The Bertz CT molecular complexity index is 1110. The van der Waals surface area contributed by atoms with Crippen LogP contribution in [0.3, 0.4) is 0 Å². The van der Waals surface area contributed by atoms with Gasteiger partial charge in [0.2, 0.25) is 5.91 Å². The maximum absolute atomic E-state index is 12.5. The summed E-state index contributed by atoms with van der Waals surface area (Å²) in [6.45, 7) is 6.01. The van der Waals surface area contributed by atoms with E-state index < -0.39 is 0 Å². The van der Waals surface area contributed by atoms with Crippen LogP contribution in [0.5, 0.6) is 0 Å². The van der Waals surface area contributed by atoms with Crippen molar-refractivity contribution < 1.29 is 9.21 Å². The molecule has 0 saturated heterocycles. The van der Waals surface area contributed by atoms with Crippen LogP contribution in [0.4, 0.5) is 0 Å². The van der Waals surface area contributed by atoms with Gasteiger partial charge in [-0.1, -0.05) is 6.07 Å². The monoisotopic (exact) mass is 348 g/mol. The van der Waals surface area contributed by atoms with Gasteiger partial charge in [-0.2, -0.15) is 0 Å². The van der Waals surface area contributed by atoms with Gasteiger partial charge in [0.05, 0.1) is 18.7 Å². The summed E-state index contributed by atoms with van der Waals surface area (Å²) in [6.07, 6.45) is 3.82. The second-order valence-electron chi connectivity index (χ2n) is 6.65. The SMILES string of the molecule is Cc1cc2occ(CC(=O)NC(C)c3nnc4ccccn34)c2cc1C. The fraction of sp³-hybridized carbons (Fsp3) is 0.250. The van der Waals surface area contributed by atoms with Crippen LogP contribution in [-0.2, 0) is 11.2 Å². The minimum Gasteiger partial charge on any atom is -0.464 e. The summed E-state index contributed by atoms with van der Waals surface area (Å²) in [7, 11) is 0. The number of nitrogens with one attached hydrogen (secondary N) is 1. The molecule has 0 aliphatic carbocycles. The number of benzene rings is 1. The molecule has 1 aromatic carbocycles. The highest BCUT2D eigenvalue weighted by Gasteiger charge is 2.17. The predicted molar refractivity (Wildman–Crippen MR) is 98.9 cm³/mol. The highest BCUT2D eigenvalue weighted by Crippen LogP contribution is 2.25. The number of amides is 1. The lowest BCUT2D eigenvalue weighted by Crippen LogP contribution is -2.29. The van der Waals surface area contributed by atoms with Crippen molar-refractivity contribution in [2.45, 2.75) is 33.2 Å². The van der Waals surface area contributed by atoms with E-state index in [1.54, 1.807) is 6.26 Å². The Morgan fingerprint density at radius 3 is 2.88 bits per heavy atom. The first-order valence-corrected chi connectivity index (χ1v) is 8.59. The molecular weight excluding hydrogens is 328 g/mol. The average molecular weight is 348 g/mol. The molecule has 4 rings (SSSR count). The highest BCUT2D eigenvalue weighted by molar-refractivity contribution is 5.88. The lowest BCUT2D eigenvalue weighted by atomic mass is 10.0. The van der Waals surface area contributed by atoms with Crippen molar-refractivity contribution in [1.82, 2.24) is 19.9 Å². The molecular formula is C20H20N4O2. The molecule has 0 saturated carbocycles. The van der Waals surface area contributed by atoms with Gasteiger partial charge in [-0.25, -0.2) is 0 Å². The van der Waals surface area contributed by atoms with Gasteiger partial charge in [0.15, 0.2) is 11.5 Å². The van der Waals surface area contributed by atoms with Crippen molar-refractivity contribution in [2.75, 3.05) is 0 Å². The lowest BCUT2D eigenvalue weighted by molar-refractivity contribution is -0.121. The topological polar surface area (TPSA) is 72.4 Å². The summed E-state index contributed by atoms with van der Waals surface area (Å²) in [6, 6.07) is 9.54. The van der Waals surface area contributed by atoms with Gasteiger partial charge in [0.1, 0.15) is 5.58 Å². The fourth-order valence-electron chi connectivity index (χ4n) is 3.16. The first-order valence-electron chi connectivity index (χ1n) is 8.59. The van der Waals surface area contributed by atoms with E-state index >= 15 is 0 Å². The summed E-state index contributed by atoms with van der Waals surface area (Å²) in [5.74, 6) is 0.628. The lowest BCUT2D eigenvalue weighted by Gasteiger charge is -2.12. The van der Waals surface area contributed by atoms with E-state index in [1.165, 1.54) is 11.1 Å².